The summed E-state index contributed by atoms with van der Waals surface area (Å²) >= 11 is 6.24. The largest absolute Gasteiger partial charge is 0.338 e. The number of aryl methyl sites for hydroxylation is 1. The molecule has 4 aliphatic rings. The van der Waals surface area contributed by atoms with E-state index >= 15 is 0 Å². The van der Waals surface area contributed by atoms with Crippen LogP contribution in [0.5, 0.6) is 0 Å². The van der Waals surface area contributed by atoms with Crippen molar-refractivity contribution in [1.82, 2.24) is 9.88 Å². The van der Waals surface area contributed by atoms with Crippen LogP contribution in [0.25, 0.3) is 0 Å². The average molecular weight is 335 g/mol. The van der Waals surface area contributed by atoms with Gasteiger partial charge in [-0.25, -0.2) is 0 Å². The summed E-state index contributed by atoms with van der Waals surface area (Å²) in [5.41, 5.74) is 1.15. The van der Waals surface area contributed by atoms with Crippen LogP contribution in [0, 0.1) is 37.5 Å². The summed E-state index contributed by atoms with van der Waals surface area (Å²) in [5.74, 6) is 2.71. The summed E-state index contributed by atoms with van der Waals surface area (Å²) in [7, 11) is 0. The Kier molecular flexibility index (Phi) is 3.56. The Hall–Kier alpha value is -1.29. The van der Waals surface area contributed by atoms with Gasteiger partial charge in [-0.3, -0.25) is 9.59 Å². The van der Waals surface area contributed by atoms with Crippen LogP contribution < -0.4 is 5.56 Å². The molecule has 3 saturated carbocycles. The van der Waals surface area contributed by atoms with E-state index in [0.717, 1.165) is 24.9 Å². The molecule has 1 aliphatic heterocycles. The van der Waals surface area contributed by atoms with Gasteiger partial charge in [-0.2, -0.15) is 0 Å². The van der Waals surface area contributed by atoms with Crippen molar-refractivity contribution in [3.63, 3.8) is 0 Å². The summed E-state index contributed by atoms with van der Waals surface area (Å²) in [6.45, 7) is 5.15. The number of aromatic nitrogens is 1. The molecule has 1 aromatic rings. The van der Waals surface area contributed by atoms with E-state index in [1.807, 2.05) is 4.90 Å². The van der Waals surface area contributed by atoms with Crippen molar-refractivity contribution in [2.75, 3.05) is 13.1 Å². The van der Waals surface area contributed by atoms with Gasteiger partial charge in [0, 0.05) is 18.8 Å². The Morgan fingerprint density at radius 1 is 1.09 bits per heavy atom. The first-order valence-electron chi connectivity index (χ1n) is 8.65. The second-order valence-electron chi connectivity index (χ2n) is 7.61. The van der Waals surface area contributed by atoms with E-state index in [4.69, 9.17) is 11.6 Å². The average Bonchev–Trinajstić information content (AvgIpc) is 3.01. The molecule has 1 N–H and O–H groups in total. The maximum atomic E-state index is 13.0. The number of hydrogen-bond donors (Lipinski definition) is 1. The Morgan fingerprint density at radius 3 is 2.13 bits per heavy atom. The Balaban J connectivity index is 1.64. The number of H-pyrrole nitrogens is 1. The van der Waals surface area contributed by atoms with Gasteiger partial charge in [0.25, 0.3) is 11.5 Å². The number of amides is 1. The highest BCUT2D eigenvalue weighted by molar-refractivity contribution is 6.32. The molecule has 2 bridgehead atoms. The number of aromatic amines is 1. The second-order valence-corrected chi connectivity index (χ2v) is 7.98. The minimum absolute atomic E-state index is 0.139. The van der Waals surface area contributed by atoms with Crippen LogP contribution in [-0.2, 0) is 0 Å². The molecule has 0 unspecified atom stereocenters. The minimum atomic E-state index is -0.313. The van der Waals surface area contributed by atoms with Crippen molar-refractivity contribution >= 4 is 17.5 Å². The van der Waals surface area contributed by atoms with Crippen LogP contribution in [0.3, 0.4) is 0 Å². The Bertz CT molecular complexity index is 698. The lowest BCUT2D eigenvalue weighted by molar-refractivity contribution is 0.0577. The first-order chi connectivity index (χ1) is 11.0. The number of pyridine rings is 1. The molecule has 2 atom stereocenters. The highest BCUT2D eigenvalue weighted by Gasteiger charge is 2.49. The second kappa shape index (κ2) is 5.37. The van der Waals surface area contributed by atoms with Crippen LogP contribution in [0.4, 0.5) is 0 Å². The van der Waals surface area contributed by atoms with Crippen LogP contribution >= 0.6 is 11.6 Å². The van der Waals surface area contributed by atoms with Crippen LogP contribution in [0.2, 0.25) is 5.02 Å². The molecule has 23 heavy (non-hydrogen) atoms. The summed E-state index contributed by atoms with van der Waals surface area (Å²) in [5, 5.41) is 0.490. The lowest BCUT2D eigenvalue weighted by atomic mass is 9.60. The van der Waals surface area contributed by atoms with Gasteiger partial charge in [0.05, 0.1) is 5.02 Å². The van der Waals surface area contributed by atoms with Gasteiger partial charge < -0.3 is 9.88 Å². The van der Waals surface area contributed by atoms with E-state index in [0.29, 0.717) is 28.1 Å². The van der Waals surface area contributed by atoms with Crippen molar-refractivity contribution in [3.05, 3.63) is 32.2 Å². The number of halogens is 1. The zero-order chi connectivity index (χ0) is 16.3. The zero-order valence-corrected chi connectivity index (χ0v) is 14.4. The Labute approximate surface area is 141 Å². The van der Waals surface area contributed by atoms with Crippen molar-refractivity contribution in [2.24, 2.45) is 23.7 Å². The van der Waals surface area contributed by atoms with E-state index in [-0.39, 0.29) is 17.0 Å². The van der Waals surface area contributed by atoms with Gasteiger partial charge in [0.2, 0.25) is 0 Å². The molecule has 5 heteroatoms. The summed E-state index contributed by atoms with van der Waals surface area (Å²) in [6, 6.07) is 0. The monoisotopic (exact) mass is 334 g/mol. The topological polar surface area (TPSA) is 53.2 Å². The highest BCUT2D eigenvalue weighted by Crippen LogP contribution is 2.51. The fraction of sp³-hybridized carbons (Fsp3) is 0.667. The molecule has 0 radical (unpaired) electrons. The molecule has 4 fully saturated rings. The molecule has 5 rings (SSSR count). The van der Waals surface area contributed by atoms with E-state index in [1.165, 1.54) is 25.7 Å². The molecular weight excluding hydrogens is 312 g/mol. The van der Waals surface area contributed by atoms with Crippen LogP contribution in [0.1, 0.15) is 47.3 Å². The van der Waals surface area contributed by atoms with Gasteiger partial charge in [-0.15, -0.1) is 0 Å². The zero-order valence-electron chi connectivity index (χ0n) is 13.7. The summed E-state index contributed by atoms with van der Waals surface area (Å²) < 4.78 is 0. The SMILES string of the molecule is Cc1[nH]c(=O)c(C(=O)N2C[C@@H]3C4CCC(CC4)[C@@H]3C2)c(C)c1Cl. The molecule has 0 spiro atoms. The van der Waals surface area contributed by atoms with E-state index in [9.17, 15) is 9.59 Å². The molecule has 0 aromatic carbocycles. The summed E-state index contributed by atoms with van der Waals surface area (Å²) in [6.07, 6.45) is 5.29. The van der Waals surface area contributed by atoms with Crippen molar-refractivity contribution in [3.8, 4) is 0 Å². The third-order valence-corrected chi connectivity index (χ3v) is 7.07. The van der Waals surface area contributed by atoms with E-state index in [1.54, 1.807) is 13.8 Å². The number of rotatable bonds is 1. The predicted octanol–water partition coefficient (Wildman–Crippen LogP) is 3.15. The molecule has 124 valence electrons. The normalized spacial score (nSPS) is 32.2. The van der Waals surface area contributed by atoms with Crippen LogP contribution in [-0.4, -0.2) is 28.9 Å². The maximum absolute atomic E-state index is 13.0. The van der Waals surface area contributed by atoms with E-state index in [2.05, 4.69) is 4.98 Å². The van der Waals surface area contributed by atoms with Crippen LogP contribution in [0.15, 0.2) is 4.79 Å². The number of nitrogens with one attached hydrogen (secondary N) is 1. The number of likely N-dealkylation sites (tertiary alicyclic amines) is 1. The number of fused-ring (bicyclic) bond motifs is 2. The first kappa shape index (κ1) is 15.3. The molecule has 1 amide bonds. The van der Waals surface area contributed by atoms with Gasteiger partial charge >= 0.3 is 0 Å². The third kappa shape index (κ3) is 2.25. The molecule has 4 nitrogen and oxygen atoms in total. The smallest absolute Gasteiger partial charge is 0.261 e. The Morgan fingerprint density at radius 2 is 1.61 bits per heavy atom. The fourth-order valence-electron chi connectivity index (χ4n) is 5.28. The lowest BCUT2D eigenvalue weighted by Gasteiger charge is -2.44. The first-order valence-corrected chi connectivity index (χ1v) is 9.03. The molecular formula is C18H23ClN2O2. The predicted molar refractivity (Wildman–Crippen MR) is 89.9 cm³/mol. The standard InChI is InChI=1S/C18H23ClN2O2/c1-9-15(17(22)20-10(2)16(9)19)18(23)21-7-13-11-3-4-12(6-5-11)14(13)8-21/h11-14H,3-8H2,1-2H3,(H,20,22)/t11?,12?,13-,14+. The molecule has 1 saturated heterocycles. The van der Waals surface area contributed by atoms with Gasteiger partial charge in [0.1, 0.15) is 5.56 Å². The summed E-state index contributed by atoms with van der Waals surface area (Å²) in [4.78, 5) is 29.9. The number of carbonyl (C=O) groups excluding carboxylic acids is 1. The minimum Gasteiger partial charge on any atom is -0.338 e. The third-order valence-electron chi connectivity index (χ3n) is 6.50. The molecule has 3 aliphatic carbocycles. The highest BCUT2D eigenvalue weighted by atomic mass is 35.5. The maximum Gasteiger partial charge on any atom is 0.261 e. The molecule has 2 heterocycles. The van der Waals surface area contributed by atoms with Gasteiger partial charge in [-0.05, 0) is 68.8 Å². The van der Waals surface area contributed by atoms with Crippen molar-refractivity contribution in [1.29, 1.82) is 0 Å². The fourth-order valence-corrected chi connectivity index (χ4v) is 5.43. The number of hydrogen-bond acceptors (Lipinski definition) is 2. The number of nitrogens with zero attached hydrogens (tertiary/aromatic N) is 1. The molecule has 1 aromatic heterocycles. The van der Waals surface area contributed by atoms with E-state index < -0.39 is 0 Å². The lowest BCUT2D eigenvalue weighted by Crippen LogP contribution is -2.38. The number of carbonyl (C=O) groups is 1. The van der Waals surface area contributed by atoms with Gasteiger partial charge in [-0.1, -0.05) is 11.6 Å². The quantitative estimate of drug-likeness (QED) is 0.857. The van der Waals surface area contributed by atoms with Crippen molar-refractivity contribution in [2.45, 2.75) is 39.5 Å². The van der Waals surface area contributed by atoms with Crippen molar-refractivity contribution < 1.29 is 4.79 Å². The van der Waals surface area contributed by atoms with Gasteiger partial charge in [0.15, 0.2) is 0 Å².